The van der Waals surface area contributed by atoms with Crippen LogP contribution in [0.25, 0.3) is 0 Å². The molecule has 0 saturated heterocycles. The monoisotopic (exact) mass is 400 g/mol. The van der Waals surface area contributed by atoms with Gasteiger partial charge < -0.3 is 0 Å². The summed E-state index contributed by atoms with van der Waals surface area (Å²) in [6.45, 7) is 17.2. The first-order valence-corrected chi connectivity index (χ1v) is 4.19. The quantitative estimate of drug-likeness (QED) is 0.426. The summed E-state index contributed by atoms with van der Waals surface area (Å²) in [5.41, 5.74) is 1.39. The van der Waals surface area contributed by atoms with Gasteiger partial charge in [-0.1, -0.05) is 36.4 Å². The summed E-state index contributed by atoms with van der Waals surface area (Å²) in [7, 11) is 0. The Morgan fingerprint density at radius 2 is 1.35 bits per heavy atom. The van der Waals surface area contributed by atoms with Crippen molar-refractivity contribution in [3.05, 3.63) is 68.5 Å². The van der Waals surface area contributed by atoms with Crippen LogP contribution in [0.4, 0.5) is 0 Å². The van der Waals surface area contributed by atoms with Crippen LogP contribution in [0.2, 0.25) is 0 Å². The van der Waals surface area contributed by atoms with Crippen molar-refractivity contribution in [1.29, 1.82) is 0 Å². The number of benzene rings is 1. The van der Waals surface area contributed by atoms with Gasteiger partial charge in [0, 0.05) is 21.1 Å². The van der Waals surface area contributed by atoms with Crippen molar-refractivity contribution in [1.82, 2.24) is 0 Å². The van der Waals surface area contributed by atoms with Gasteiger partial charge in [0.05, 0.1) is 0 Å². The summed E-state index contributed by atoms with van der Waals surface area (Å²) in [6, 6.07) is 10.5. The maximum atomic E-state index is 7.50. The van der Waals surface area contributed by atoms with E-state index in [1.165, 1.54) is 5.56 Å². The predicted octanol–water partition coefficient (Wildman–Crippen LogP) is 2.69. The van der Waals surface area contributed by atoms with Crippen molar-refractivity contribution in [2.75, 3.05) is 0 Å². The largest absolute Gasteiger partial charge is 0 e. The number of aryl methyl sites for hydroxylation is 1. The molecule has 1 rings (SSSR count). The van der Waals surface area contributed by atoms with Gasteiger partial charge >= 0.3 is 33.9 Å². The molecule has 0 aliphatic heterocycles. The van der Waals surface area contributed by atoms with Crippen molar-refractivity contribution in [3.63, 3.8) is 0 Å². The number of rotatable bonds is 3. The van der Waals surface area contributed by atoms with E-state index in [0.29, 0.717) is 0 Å². The fraction of sp³-hybridized carbons (Fsp3) is 0.154. The van der Waals surface area contributed by atoms with Crippen molar-refractivity contribution in [2.45, 2.75) is 12.8 Å². The molecule has 88 valence electrons. The van der Waals surface area contributed by atoms with E-state index in [1.807, 2.05) is 12.1 Å². The molecule has 0 N–H and O–H groups in total. The molecule has 17 heavy (non-hydrogen) atoms. The van der Waals surface area contributed by atoms with Gasteiger partial charge in [-0.05, 0) is 18.4 Å². The van der Waals surface area contributed by atoms with Crippen LogP contribution in [0, 0.1) is 20.0 Å². The minimum Gasteiger partial charge on any atom is 0 e. The first-order valence-electron chi connectivity index (χ1n) is 4.19. The van der Waals surface area contributed by atoms with Gasteiger partial charge in [0.1, 0.15) is 0 Å². The van der Waals surface area contributed by atoms with Crippen molar-refractivity contribution >= 4 is 0 Å². The summed E-state index contributed by atoms with van der Waals surface area (Å²) in [5, 5.41) is 0. The molecule has 0 amide bonds. The molecular weight excluding hydrogens is 388 g/mol. The normalized spacial score (nSPS) is 5.76. The zero-order valence-electron chi connectivity index (χ0n) is 9.22. The Balaban J connectivity index is -0.000000106. The van der Waals surface area contributed by atoms with Crippen LogP contribution in [0.3, 0.4) is 0 Å². The Kier molecular flexibility index (Phi) is 43.0. The second-order valence-corrected chi connectivity index (χ2v) is 2.31. The third-order valence-electron chi connectivity index (χ3n) is 1.48. The SMILES string of the molecule is C=CCCc1ccccc1.[C-]#[O+].[C-]#[O+].[C-]#[O+].[W]. The molecule has 0 unspecified atom stereocenters. The van der Waals surface area contributed by atoms with E-state index in [4.69, 9.17) is 14.0 Å². The van der Waals surface area contributed by atoms with Crippen LogP contribution in [-0.4, -0.2) is 0 Å². The van der Waals surface area contributed by atoms with E-state index in [0.717, 1.165) is 12.8 Å². The van der Waals surface area contributed by atoms with Gasteiger partial charge in [-0.25, -0.2) is 0 Å². The van der Waals surface area contributed by atoms with Crippen LogP contribution in [0.5, 0.6) is 0 Å². The Morgan fingerprint density at radius 3 is 1.71 bits per heavy atom. The summed E-state index contributed by atoms with van der Waals surface area (Å²) < 4.78 is 22.5. The number of allylic oxidation sites excluding steroid dienone is 1. The Hall–Kier alpha value is -1.13. The van der Waals surface area contributed by atoms with Gasteiger partial charge in [-0.3, -0.25) is 0 Å². The van der Waals surface area contributed by atoms with Crippen molar-refractivity contribution in [3.8, 4) is 0 Å². The molecule has 0 aromatic heterocycles. The number of hydrogen-bond acceptors (Lipinski definition) is 0. The van der Waals surface area contributed by atoms with Crippen LogP contribution in [-0.2, 0) is 41.4 Å². The first kappa shape index (κ1) is 24.9. The first-order chi connectivity index (χ1) is 7.93. The van der Waals surface area contributed by atoms with Gasteiger partial charge in [0.25, 0.3) is 0 Å². The molecular formula is C13H12O3W. The smallest absolute Gasteiger partial charge is 0 e. The van der Waals surface area contributed by atoms with Gasteiger partial charge in [0.2, 0.25) is 0 Å². The van der Waals surface area contributed by atoms with Gasteiger partial charge in [-0.2, -0.15) is 0 Å². The number of hydrogen-bond donors (Lipinski definition) is 0. The van der Waals surface area contributed by atoms with Gasteiger partial charge in [-0.15, -0.1) is 6.58 Å². The van der Waals surface area contributed by atoms with E-state index in [-0.39, 0.29) is 21.1 Å². The fourth-order valence-corrected chi connectivity index (χ4v) is 0.913. The minimum absolute atomic E-state index is 0. The molecule has 0 spiro atoms. The van der Waals surface area contributed by atoms with E-state index in [9.17, 15) is 0 Å². The van der Waals surface area contributed by atoms with Crippen molar-refractivity contribution < 1.29 is 35.0 Å². The van der Waals surface area contributed by atoms with Crippen LogP contribution in [0.1, 0.15) is 12.0 Å². The standard InChI is InChI=1S/C10H12.3CO.W/c1-2-3-7-10-8-5-4-6-9-10;3*1-2;/h2,4-6,8-9H,1,3,7H2;;;;. The molecule has 0 aliphatic rings. The molecule has 0 aliphatic carbocycles. The maximum absolute atomic E-state index is 7.50. The molecule has 0 fully saturated rings. The third-order valence-corrected chi connectivity index (χ3v) is 1.48. The molecule has 0 atom stereocenters. The topological polar surface area (TPSA) is 59.7 Å². The summed E-state index contributed by atoms with van der Waals surface area (Å²) in [5.74, 6) is 0. The van der Waals surface area contributed by atoms with E-state index in [1.54, 1.807) is 0 Å². The average molecular weight is 400 g/mol. The molecule has 0 bridgehead atoms. The molecule has 1 aromatic rings. The Labute approximate surface area is 116 Å². The predicted molar refractivity (Wildman–Crippen MR) is 56.7 cm³/mol. The minimum atomic E-state index is 0. The Bertz CT molecular complexity index is 287. The van der Waals surface area contributed by atoms with E-state index >= 15 is 0 Å². The van der Waals surface area contributed by atoms with Gasteiger partial charge in [0.15, 0.2) is 0 Å². The molecule has 1 aromatic carbocycles. The molecule has 0 heterocycles. The van der Waals surface area contributed by atoms with E-state index < -0.39 is 0 Å². The third kappa shape index (κ3) is 20.8. The molecule has 0 radical (unpaired) electrons. The molecule has 3 nitrogen and oxygen atoms in total. The average Bonchev–Trinajstić information content (AvgIpc) is 2.44. The zero-order chi connectivity index (χ0) is 13.2. The molecule has 0 saturated carbocycles. The summed E-state index contributed by atoms with van der Waals surface area (Å²) in [6.07, 6.45) is 4.14. The van der Waals surface area contributed by atoms with Crippen LogP contribution in [0.15, 0.2) is 43.0 Å². The second kappa shape index (κ2) is 29.4. The molecule has 4 heteroatoms. The van der Waals surface area contributed by atoms with E-state index in [2.05, 4.69) is 50.8 Å². The zero-order valence-corrected chi connectivity index (χ0v) is 12.2. The van der Waals surface area contributed by atoms with Crippen molar-refractivity contribution in [2.24, 2.45) is 0 Å². The summed E-state index contributed by atoms with van der Waals surface area (Å²) >= 11 is 0. The Morgan fingerprint density at radius 1 is 0.941 bits per heavy atom. The fourth-order valence-electron chi connectivity index (χ4n) is 0.913. The second-order valence-electron chi connectivity index (χ2n) is 2.31. The van der Waals surface area contributed by atoms with Crippen LogP contribution < -0.4 is 0 Å². The summed E-state index contributed by atoms with van der Waals surface area (Å²) in [4.78, 5) is 0. The van der Waals surface area contributed by atoms with Crippen LogP contribution >= 0.6 is 0 Å². The maximum Gasteiger partial charge on any atom is 0 e.